The number of hydrogen-bond donors (Lipinski definition) is 2. The van der Waals surface area contributed by atoms with E-state index in [0.29, 0.717) is 5.01 Å². The molecule has 1 aliphatic carbocycles. The quantitative estimate of drug-likeness (QED) is 0.573. The molecule has 1 amide bonds. The van der Waals surface area contributed by atoms with Crippen molar-refractivity contribution in [3.8, 4) is 11.1 Å². The highest BCUT2D eigenvalue weighted by Gasteiger charge is 2.29. The van der Waals surface area contributed by atoms with Gasteiger partial charge in [-0.2, -0.15) is 0 Å². The summed E-state index contributed by atoms with van der Waals surface area (Å²) in [6, 6.07) is 15.5. The molecular weight excluding hydrogens is 400 g/mol. The standard InChI is InChI=1S/C23H22N2O4S/c1-2-14-12-24-22(30-14)20(11-21(26)27)25-23(28)29-13-19-17-9-5-3-7-15(17)16-8-4-6-10-18(16)19/h3-10,12,19-20H,2,11,13H2,1H3,(H,25,28)(H,26,27)/t20-/m1/s1. The first kappa shape index (κ1) is 20.1. The molecule has 1 atom stereocenters. The van der Waals surface area contributed by atoms with Crippen LogP contribution in [0.1, 0.15) is 46.3 Å². The highest BCUT2D eigenvalue weighted by molar-refractivity contribution is 7.11. The van der Waals surface area contributed by atoms with E-state index < -0.39 is 18.1 Å². The molecule has 0 aliphatic heterocycles. The molecular formula is C23H22N2O4S. The predicted molar refractivity (Wildman–Crippen MR) is 115 cm³/mol. The lowest BCUT2D eigenvalue weighted by atomic mass is 9.98. The van der Waals surface area contributed by atoms with Crippen molar-refractivity contribution in [3.63, 3.8) is 0 Å². The van der Waals surface area contributed by atoms with Gasteiger partial charge >= 0.3 is 12.1 Å². The van der Waals surface area contributed by atoms with Crippen molar-refractivity contribution in [1.82, 2.24) is 10.3 Å². The number of nitrogens with zero attached hydrogens (tertiary/aromatic N) is 1. The number of thiazole rings is 1. The number of hydrogen-bond acceptors (Lipinski definition) is 5. The van der Waals surface area contributed by atoms with Crippen LogP contribution in [-0.4, -0.2) is 28.8 Å². The number of aliphatic carboxylic acids is 1. The van der Waals surface area contributed by atoms with Crippen LogP contribution in [0.2, 0.25) is 0 Å². The summed E-state index contributed by atoms with van der Waals surface area (Å²) in [4.78, 5) is 29.1. The van der Waals surface area contributed by atoms with Crippen molar-refractivity contribution >= 4 is 23.4 Å². The lowest BCUT2D eigenvalue weighted by molar-refractivity contribution is -0.137. The molecule has 4 rings (SSSR count). The van der Waals surface area contributed by atoms with Gasteiger partial charge in [0.05, 0.1) is 12.5 Å². The van der Waals surface area contributed by atoms with Crippen molar-refractivity contribution in [2.24, 2.45) is 0 Å². The van der Waals surface area contributed by atoms with E-state index in [2.05, 4.69) is 34.6 Å². The van der Waals surface area contributed by atoms with Gasteiger partial charge in [0, 0.05) is 17.0 Å². The van der Waals surface area contributed by atoms with Crippen molar-refractivity contribution in [3.05, 3.63) is 75.7 Å². The Morgan fingerprint density at radius 2 is 1.77 bits per heavy atom. The number of carboxylic acids is 1. The van der Waals surface area contributed by atoms with Gasteiger partial charge in [0.1, 0.15) is 11.6 Å². The highest BCUT2D eigenvalue weighted by Crippen LogP contribution is 2.44. The van der Waals surface area contributed by atoms with Gasteiger partial charge in [-0.25, -0.2) is 9.78 Å². The summed E-state index contributed by atoms with van der Waals surface area (Å²) >= 11 is 1.41. The number of fused-ring (bicyclic) bond motifs is 3. The molecule has 1 aliphatic rings. The smallest absolute Gasteiger partial charge is 0.407 e. The third kappa shape index (κ3) is 4.07. The van der Waals surface area contributed by atoms with E-state index in [0.717, 1.165) is 33.6 Å². The highest BCUT2D eigenvalue weighted by atomic mass is 32.1. The third-order valence-electron chi connectivity index (χ3n) is 5.23. The molecule has 0 radical (unpaired) electrons. The number of carboxylic acid groups (broad SMARTS) is 1. The number of benzene rings is 2. The fourth-order valence-electron chi connectivity index (χ4n) is 3.80. The van der Waals surface area contributed by atoms with Crippen LogP contribution >= 0.6 is 11.3 Å². The van der Waals surface area contributed by atoms with E-state index in [9.17, 15) is 14.7 Å². The molecule has 2 N–H and O–H groups in total. The zero-order valence-electron chi connectivity index (χ0n) is 16.5. The van der Waals surface area contributed by atoms with E-state index in [1.807, 2.05) is 31.2 Å². The van der Waals surface area contributed by atoms with E-state index in [1.165, 1.54) is 11.3 Å². The summed E-state index contributed by atoms with van der Waals surface area (Å²) in [5.74, 6) is -1.06. The molecule has 30 heavy (non-hydrogen) atoms. The number of carbonyl (C=O) groups is 2. The fraction of sp³-hybridized carbons (Fsp3) is 0.261. The van der Waals surface area contributed by atoms with Crippen LogP contribution in [0.5, 0.6) is 0 Å². The molecule has 0 fully saturated rings. The Kier molecular flexibility index (Phi) is 5.81. The summed E-state index contributed by atoms with van der Waals surface area (Å²) in [5.41, 5.74) is 4.56. The van der Waals surface area contributed by atoms with Crippen molar-refractivity contribution in [2.75, 3.05) is 6.61 Å². The SMILES string of the molecule is CCc1cnc([C@@H](CC(=O)O)NC(=O)OCC2c3ccccc3-c3ccccc32)s1. The molecule has 7 heteroatoms. The number of nitrogens with one attached hydrogen (secondary N) is 1. The zero-order valence-corrected chi connectivity index (χ0v) is 17.3. The summed E-state index contributed by atoms with van der Waals surface area (Å²) in [5, 5.41) is 12.5. The van der Waals surface area contributed by atoms with E-state index in [1.54, 1.807) is 6.20 Å². The molecule has 0 spiro atoms. The summed E-state index contributed by atoms with van der Waals surface area (Å²) in [7, 11) is 0. The molecule has 1 aromatic heterocycles. The lowest BCUT2D eigenvalue weighted by Crippen LogP contribution is -2.31. The number of amides is 1. The second-order valence-corrected chi connectivity index (χ2v) is 8.29. The van der Waals surface area contributed by atoms with Gasteiger partial charge in [0.2, 0.25) is 0 Å². The molecule has 2 aromatic carbocycles. The molecule has 1 heterocycles. The first-order valence-electron chi connectivity index (χ1n) is 9.84. The van der Waals surface area contributed by atoms with Crippen LogP contribution in [0.15, 0.2) is 54.7 Å². The number of ether oxygens (including phenoxy) is 1. The summed E-state index contributed by atoms with van der Waals surface area (Å²) < 4.78 is 5.54. The van der Waals surface area contributed by atoms with E-state index in [-0.39, 0.29) is 18.9 Å². The van der Waals surface area contributed by atoms with Gasteiger partial charge in [0.25, 0.3) is 0 Å². The van der Waals surface area contributed by atoms with Gasteiger partial charge < -0.3 is 15.2 Å². The first-order valence-corrected chi connectivity index (χ1v) is 10.7. The minimum absolute atomic E-state index is 0.0485. The molecule has 0 unspecified atom stereocenters. The van der Waals surface area contributed by atoms with Gasteiger partial charge in [-0.15, -0.1) is 11.3 Å². The van der Waals surface area contributed by atoms with Crippen molar-refractivity contribution in [2.45, 2.75) is 31.7 Å². The Labute approximate surface area is 178 Å². The van der Waals surface area contributed by atoms with Gasteiger partial charge in [0.15, 0.2) is 0 Å². The molecule has 154 valence electrons. The molecule has 0 bridgehead atoms. The maximum absolute atomic E-state index is 12.5. The lowest BCUT2D eigenvalue weighted by Gasteiger charge is -2.17. The first-order chi connectivity index (χ1) is 14.6. The second kappa shape index (κ2) is 8.67. The Morgan fingerprint density at radius 1 is 1.13 bits per heavy atom. The maximum Gasteiger partial charge on any atom is 0.407 e. The van der Waals surface area contributed by atoms with E-state index in [4.69, 9.17) is 4.74 Å². The van der Waals surface area contributed by atoms with Crippen LogP contribution in [0.4, 0.5) is 4.79 Å². The number of alkyl carbamates (subject to hydrolysis) is 1. The monoisotopic (exact) mass is 422 g/mol. The van der Waals surface area contributed by atoms with Crippen LogP contribution < -0.4 is 5.32 Å². The largest absolute Gasteiger partial charge is 0.481 e. The topological polar surface area (TPSA) is 88.5 Å². The number of aryl methyl sites for hydroxylation is 1. The average Bonchev–Trinajstić information content (AvgIpc) is 3.35. The van der Waals surface area contributed by atoms with Crippen LogP contribution in [-0.2, 0) is 16.0 Å². The van der Waals surface area contributed by atoms with Gasteiger partial charge in [-0.1, -0.05) is 55.5 Å². The van der Waals surface area contributed by atoms with Crippen LogP contribution in [0.3, 0.4) is 0 Å². The minimum atomic E-state index is -1.01. The Hall–Kier alpha value is -3.19. The average molecular weight is 423 g/mol. The van der Waals surface area contributed by atoms with Gasteiger partial charge in [-0.3, -0.25) is 4.79 Å². The minimum Gasteiger partial charge on any atom is -0.481 e. The maximum atomic E-state index is 12.5. The van der Waals surface area contributed by atoms with Gasteiger partial charge in [-0.05, 0) is 28.7 Å². The zero-order chi connectivity index (χ0) is 21.1. The fourth-order valence-corrected chi connectivity index (χ4v) is 4.71. The number of rotatable bonds is 7. The van der Waals surface area contributed by atoms with Crippen molar-refractivity contribution in [1.29, 1.82) is 0 Å². The summed E-state index contributed by atoms with van der Waals surface area (Å²) in [6.45, 7) is 2.18. The Morgan fingerprint density at radius 3 is 2.33 bits per heavy atom. The molecule has 0 saturated heterocycles. The molecule has 0 saturated carbocycles. The molecule has 6 nitrogen and oxygen atoms in total. The van der Waals surface area contributed by atoms with E-state index >= 15 is 0 Å². The summed E-state index contributed by atoms with van der Waals surface area (Å²) in [6.07, 6.45) is 1.63. The van der Waals surface area contributed by atoms with Crippen LogP contribution in [0.25, 0.3) is 11.1 Å². The predicted octanol–water partition coefficient (Wildman–Crippen LogP) is 4.76. The third-order valence-corrected chi connectivity index (χ3v) is 6.49. The Balaban J connectivity index is 1.47. The number of aromatic nitrogens is 1. The molecule has 3 aromatic rings. The Bertz CT molecular complexity index is 1030. The second-order valence-electron chi connectivity index (χ2n) is 7.14. The van der Waals surface area contributed by atoms with Crippen molar-refractivity contribution < 1.29 is 19.4 Å². The van der Waals surface area contributed by atoms with Crippen LogP contribution in [0, 0.1) is 0 Å². The number of carbonyl (C=O) groups excluding carboxylic acids is 1. The normalized spacial score (nSPS) is 13.4.